The van der Waals surface area contributed by atoms with Crippen molar-refractivity contribution in [3.63, 3.8) is 0 Å². The molecule has 0 saturated carbocycles. The first-order chi connectivity index (χ1) is 7.18. The van der Waals surface area contributed by atoms with E-state index in [0.717, 1.165) is 0 Å². The molecule has 0 heterocycles. The van der Waals surface area contributed by atoms with Gasteiger partial charge in [-0.15, -0.1) is 0 Å². The fourth-order valence-electron chi connectivity index (χ4n) is 1.49. The molecule has 2 aromatic rings. The number of phenolic OH excluding ortho intramolecular Hbond substituents is 3. The van der Waals surface area contributed by atoms with Gasteiger partial charge >= 0.3 is 0 Å². The number of hydrogen-bond donors (Lipinski definition) is 3. The van der Waals surface area contributed by atoms with Gasteiger partial charge in [0.25, 0.3) is 0 Å². The van der Waals surface area contributed by atoms with Gasteiger partial charge in [-0.25, -0.2) is 0 Å². The predicted octanol–water partition coefficient (Wildman–Crippen LogP) is 2.47. The molecule has 0 spiro atoms. The topological polar surface area (TPSA) is 60.7 Å². The van der Waals surface area contributed by atoms with E-state index < -0.39 is 0 Å². The first kappa shape index (κ1) is 9.40. The highest BCUT2D eigenvalue weighted by atomic mass is 16.3. The molecule has 0 amide bonds. The number of benzene rings is 2. The Labute approximate surface area is 86.9 Å². The summed E-state index contributed by atoms with van der Waals surface area (Å²) in [4.78, 5) is 0. The van der Waals surface area contributed by atoms with Crippen LogP contribution in [0.15, 0.2) is 42.5 Å². The van der Waals surface area contributed by atoms with Crippen LogP contribution in [0, 0.1) is 0 Å². The van der Waals surface area contributed by atoms with E-state index in [9.17, 15) is 15.3 Å². The molecule has 3 heteroatoms. The first-order valence-corrected chi connectivity index (χ1v) is 4.49. The van der Waals surface area contributed by atoms with Gasteiger partial charge in [-0.1, -0.05) is 18.2 Å². The van der Waals surface area contributed by atoms with Gasteiger partial charge in [0.1, 0.15) is 17.2 Å². The van der Waals surface area contributed by atoms with Gasteiger partial charge in [0.2, 0.25) is 0 Å². The number of hydrogen-bond acceptors (Lipinski definition) is 3. The maximum atomic E-state index is 9.59. The lowest BCUT2D eigenvalue weighted by Gasteiger charge is -2.07. The second-order valence-corrected chi connectivity index (χ2v) is 3.22. The Balaban J connectivity index is 2.63. The molecule has 0 atom stereocenters. The van der Waals surface area contributed by atoms with E-state index in [-0.39, 0.29) is 17.2 Å². The summed E-state index contributed by atoms with van der Waals surface area (Å²) in [6.07, 6.45) is 0. The van der Waals surface area contributed by atoms with Crippen LogP contribution in [-0.4, -0.2) is 15.3 Å². The summed E-state index contributed by atoms with van der Waals surface area (Å²) in [6.45, 7) is 0. The smallest absolute Gasteiger partial charge is 0.127 e. The average molecular weight is 202 g/mol. The van der Waals surface area contributed by atoms with Crippen LogP contribution in [0.25, 0.3) is 11.1 Å². The third-order valence-corrected chi connectivity index (χ3v) is 2.16. The van der Waals surface area contributed by atoms with Crippen molar-refractivity contribution >= 4 is 0 Å². The minimum absolute atomic E-state index is 0.0133. The van der Waals surface area contributed by atoms with Crippen molar-refractivity contribution in [2.24, 2.45) is 0 Å². The molecule has 3 N–H and O–H groups in total. The molecule has 0 bridgehead atoms. The van der Waals surface area contributed by atoms with Crippen LogP contribution in [0.5, 0.6) is 17.2 Å². The van der Waals surface area contributed by atoms with Gasteiger partial charge < -0.3 is 15.3 Å². The van der Waals surface area contributed by atoms with Crippen LogP contribution in [-0.2, 0) is 0 Å². The molecule has 0 aliphatic carbocycles. The van der Waals surface area contributed by atoms with Crippen molar-refractivity contribution in [3.05, 3.63) is 42.5 Å². The first-order valence-electron chi connectivity index (χ1n) is 4.49. The van der Waals surface area contributed by atoms with Crippen molar-refractivity contribution in [1.29, 1.82) is 0 Å². The summed E-state index contributed by atoms with van der Waals surface area (Å²) in [5, 5.41) is 28.5. The van der Waals surface area contributed by atoms with Gasteiger partial charge in [-0.05, 0) is 29.8 Å². The quantitative estimate of drug-likeness (QED) is 0.665. The van der Waals surface area contributed by atoms with E-state index in [0.29, 0.717) is 11.1 Å². The fraction of sp³-hybridized carbons (Fsp3) is 0. The standard InChI is InChI=1S/C12H10O3/c13-9-4-1-3-8(7-9)12-10(14)5-2-6-11(12)15/h1-7,13-15H. The lowest BCUT2D eigenvalue weighted by molar-refractivity contribution is 0.454. The minimum Gasteiger partial charge on any atom is -0.508 e. The molecular formula is C12H10O3. The molecule has 0 unspecified atom stereocenters. The van der Waals surface area contributed by atoms with Crippen molar-refractivity contribution in [3.8, 4) is 28.4 Å². The second kappa shape index (κ2) is 3.53. The Morgan fingerprint density at radius 1 is 0.733 bits per heavy atom. The molecule has 0 radical (unpaired) electrons. The van der Waals surface area contributed by atoms with Gasteiger partial charge in [0.15, 0.2) is 0 Å². The molecule has 2 aromatic carbocycles. The highest BCUT2D eigenvalue weighted by Gasteiger charge is 2.09. The lowest BCUT2D eigenvalue weighted by Crippen LogP contribution is -1.80. The maximum Gasteiger partial charge on any atom is 0.127 e. The average Bonchev–Trinajstić information content (AvgIpc) is 2.17. The zero-order valence-corrected chi connectivity index (χ0v) is 7.88. The number of aromatic hydroxyl groups is 3. The predicted molar refractivity (Wildman–Crippen MR) is 56.9 cm³/mol. The van der Waals surface area contributed by atoms with Crippen molar-refractivity contribution < 1.29 is 15.3 Å². The molecule has 0 aliphatic heterocycles. The van der Waals surface area contributed by atoms with Crippen LogP contribution < -0.4 is 0 Å². The fourth-order valence-corrected chi connectivity index (χ4v) is 1.49. The van der Waals surface area contributed by atoms with Gasteiger partial charge in [-0.2, -0.15) is 0 Å². The Morgan fingerprint density at radius 2 is 1.33 bits per heavy atom. The zero-order valence-electron chi connectivity index (χ0n) is 7.88. The molecule has 0 saturated heterocycles. The van der Waals surface area contributed by atoms with Crippen LogP contribution in [0.4, 0.5) is 0 Å². The van der Waals surface area contributed by atoms with Crippen molar-refractivity contribution in [1.82, 2.24) is 0 Å². The summed E-state index contributed by atoms with van der Waals surface area (Å²) in [5.41, 5.74) is 0.902. The van der Waals surface area contributed by atoms with Crippen molar-refractivity contribution in [2.75, 3.05) is 0 Å². The Hall–Kier alpha value is -2.16. The van der Waals surface area contributed by atoms with Gasteiger partial charge in [0, 0.05) is 0 Å². The van der Waals surface area contributed by atoms with Crippen LogP contribution in [0.3, 0.4) is 0 Å². The summed E-state index contributed by atoms with van der Waals surface area (Å²) >= 11 is 0. The Bertz CT molecular complexity index is 472. The molecule has 3 nitrogen and oxygen atoms in total. The Kier molecular flexibility index (Phi) is 2.21. The van der Waals surface area contributed by atoms with E-state index >= 15 is 0 Å². The van der Waals surface area contributed by atoms with E-state index in [1.54, 1.807) is 18.2 Å². The third-order valence-electron chi connectivity index (χ3n) is 2.16. The van der Waals surface area contributed by atoms with Crippen molar-refractivity contribution in [2.45, 2.75) is 0 Å². The van der Waals surface area contributed by atoms with Crippen LogP contribution >= 0.6 is 0 Å². The molecule has 0 fully saturated rings. The summed E-state index contributed by atoms with van der Waals surface area (Å²) in [5.74, 6) is 0.0661. The van der Waals surface area contributed by atoms with Crippen LogP contribution in [0.2, 0.25) is 0 Å². The molecule has 76 valence electrons. The van der Waals surface area contributed by atoms with E-state index in [1.165, 1.54) is 24.3 Å². The van der Waals surface area contributed by atoms with Gasteiger partial charge in [-0.3, -0.25) is 0 Å². The summed E-state index contributed by atoms with van der Waals surface area (Å²) in [6, 6.07) is 10.9. The highest BCUT2D eigenvalue weighted by Crippen LogP contribution is 2.37. The monoisotopic (exact) mass is 202 g/mol. The third kappa shape index (κ3) is 1.72. The van der Waals surface area contributed by atoms with Crippen LogP contribution in [0.1, 0.15) is 0 Å². The molecule has 15 heavy (non-hydrogen) atoms. The summed E-state index contributed by atoms with van der Waals surface area (Å²) < 4.78 is 0. The maximum absolute atomic E-state index is 9.59. The summed E-state index contributed by atoms with van der Waals surface area (Å²) in [7, 11) is 0. The van der Waals surface area contributed by atoms with E-state index in [2.05, 4.69) is 0 Å². The molecular weight excluding hydrogens is 192 g/mol. The zero-order chi connectivity index (χ0) is 10.8. The van der Waals surface area contributed by atoms with E-state index in [4.69, 9.17) is 0 Å². The normalized spacial score (nSPS) is 10.1. The highest BCUT2D eigenvalue weighted by molar-refractivity contribution is 5.76. The molecule has 0 aliphatic rings. The van der Waals surface area contributed by atoms with Gasteiger partial charge in [0.05, 0.1) is 5.56 Å². The SMILES string of the molecule is Oc1cccc(-c2c(O)cccc2O)c1. The lowest BCUT2D eigenvalue weighted by atomic mass is 10.0. The second-order valence-electron chi connectivity index (χ2n) is 3.22. The van der Waals surface area contributed by atoms with E-state index in [1.807, 2.05) is 0 Å². The largest absolute Gasteiger partial charge is 0.508 e. The molecule has 2 rings (SSSR count). The number of rotatable bonds is 1. The Morgan fingerprint density at radius 3 is 1.93 bits per heavy atom. The minimum atomic E-state index is -0.0133. The number of phenols is 3. The molecule has 0 aromatic heterocycles.